The predicted octanol–water partition coefficient (Wildman–Crippen LogP) is 3.62. The second-order valence-electron chi connectivity index (χ2n) is 4.19. The van der Waals surface area contributed by atoms with Gasteiger partial charge in [0.2, 0.25) is 0 Å². The number of esters is 1. The maximum absolute atomic E-state index is 12.3. The Kier molecular flexibility index (Phi) is 6.21. The smallest absolute Gasteiger partial charge is 0.390 e. The van der Waals surface area contributed by atoms with E-state index in [1.807, 2.05) is 0 Å². The van der Waals surface area contributed by atoms with Crippen LogP contribution in [0.4, 0.5) is 23.9 Å². The minimum absolute atomic E-state index is 0.195. The number of alkyl halides is 3. The Morgan fingerprint density at radius 3 is 2.57 bits per heavy atom. The van der Waals surface area contributed by atoms with Gasteiger partial charge in [0.15, 0.2) is 0 Å². The van der Waals surface area contributed by atoms with Crippen LogP contribution in [0.1, 0.15) is 23.0 Å². The first kappa shape index (κ1) is 18.0. The SMILES string of the molecule is CCOC(=O)c1sc(N(C)CCC(F)(F)F)c(SC)c1N. The number of halogens is 3. The molecule has 0 spiro atoms. The third-order valence-corrected chi connectivity index (χ3v) is 4.88. The Labute approximate surface area is 129 Å². The Balaban J connectivity index is 3.01. The molecule has 0 radical (unpaired) electrons. The monoisotopic (exact) mass is 342 g/mol. The third-order valence-electron chi connectivity index (χ3n) is 2.62. The van der Waals surface area contributed by atoms with Gasteiger partial charge < -0.3 is 15.4 Å². The lowest BCUT2D eigenvalue weighted by Crippen LogP contribution is -2.23. The van der Waals surface area contributed by atoms with E-state index < -0.39 is 18.6 Å². The summed E-state index contributed by atoms with van der Waals surface area (Å²) in [5.74, 6) is -0.550. The van der Waals surface area contributed by atoms with Crippen LogP contribution >= 0.6 is 23.1 Å². The van der Waals surface area contributed by atoms with E-state index in [4.69, 9.17) is 10.5 Å². The van der Waals surface area contributed by atoms with Crippen molar-refractivity contribution >= 4 is 39.8 Å². The van der Waals surface area contributed by atoms with E-state index in [0.29, 0.717) is 9.90 Å². The largest absolute Gasteiger partial charge is 0.462 e. The van der Waals surface area contributed by atoms with Crippen molar-refractivity contribution in [2.24, 2.45) is 0 Å². The van der Waals surface area contributed by atoms with Crippen LogP contribution in [0, 0.1) is 0 Å². The van der Waals surface area contributed by atoms with E-state index in [1.54, 1.807) is 20.2 Å². The summed E-state index contributed by atoms with van der Waals surface area (Å²) >= 11 is 2.35. The quantitative estimate of drug-likeness (QED) is 0.632. The number of ether oxygens (including phenoxy) is 1. The molecule has 21 heavy (non-hydrogen) atoms. The first-order valence-electron chi connectivity index (χ1n) is 6.12. The second-order valence-corrected chi connectivity index (χ2v) is 6.01. The molecule has 0 aromatic carbocycles. The maximum Gasteiger partial charge on any atom is 0.390 e. The first-order chi connectivity index (χ1) is 9.71. The minimum Gasteiger partial charge on any atom is -0.462 e. The number of nitrogens with two attached hydrogens (primary N) is 1. The van der Waals surface area contributed by atoms with Crippen molar-refractivity contribution in [1.29, 1.82) is 0 Å². The van der Waals surface area contributed by atoms with Crippen molar-refractivity contribution in [3.8, 4) is 0 Å². The molecule has 1 rings (SSSR count). The minimum atomic E-state index is -4.22. The molecule has 1 aromatic rings. The van der Waals surface area contributed by atoms with Gasteiger partial charge in [0.05, 0.1) is 23.6 Å². The number of rotatable bonds is 6. The molecule has 0 saturated heterocycles. The summed E-state index contributed by atoms with van der Waals surface area (Å²) in [6.45, 7) is 1.69. The van der Waals surface area contributed by atoms with Crippen LogP contribution in [0.3, 0.4) is 0 Å². The van der Waals surface area contributed by atoms with Crippen molar-refractivity contribution in [2.75, 3.05) is 37.1 Å². The summed E-state index contributed by atoms with van der Waals surface area (Å²) in [6.07, 6.45) is -3.39. The molecule has 0 aliphatic heterocycles. The topological polar surface area (TPSA) is 55.6 Å². The molecule has 0 aliphatic rings. The summed E-state index contributed by atoms with van der Waals surface area (Å²) in [4.78, 5) is 14.1. The summed E-state index contributed by atoms with van der Waals surface area (Å²) in [6, 6.07) is 0. The molecule has 2 N–H and O–H groups in total. The number of nitrogens with zero attached hydrogens (tertiary/aromatic N) is 1. The molecule has 9 heteroatoms. The Morgan fingerprint density at radius 1 is 1.48 bits per heavy atom. The zero-order chi connectivity index (χ0) is 16.2. The highest BCUT2D eigenvalue weighted by Gasteiger charge is 2.29. The fourth-order valence-corrected chi connectivity index (χ4v) is 3.70. The molecule has 1 aromatic heterocycles. The van der Waals surface area contributed by atoms with E-state index in [1.165, 1.54) is 16.7 Å². The molecule has 0 aliphatic carbocycles. The van der Waals surface area contributed by atoms with Crippen molar-refractivity contribution in [2.45, 2.75) is 24.4 Å². The summed E-state index contributed by atoms with van der Waals surface area (Å²) in [5, 5.41) is 0.548. The Morgan fingerprint density at radius 2 is 2.10 bits per heavy atom. The zero-order valence-corrected chi connectivity index (χ0v) is 13.5. The third kappa shape index (κ3) is 4.70. The predicted molar refractivity (Wildman–Crippen MR) is 80.4 cm³/mol. The summed E-state index contributed by atoms with van der Waals surface area (Å²) < 4.78 is 41.8. The van der Waals surface area contributed by atoms with E-state index in [-0.39, 0.29) is 23.7 Å². The van der Waals surface area contributed by atoms with Gasteiger partial charge in [0.25, 0.3) is 0 Å². The van der Waals surface area contributed by atoms with Crippen LogP contribution in [0.25, 0.3) is 0 Å². The number of carbonyl (C=O) groups is 1. The van der Waals surface area contributed by atoms with Gasteiger partial charge in [-0.15, -0.1) is 23.1 Å². The van der Waals surface area contributed by atoms with E-state index in [9.17, 15) is 18.0 Å². The van der Waals surface area contributed by atoms with Crippen LogP contribution in [0.2, 0.25) is 0 Å². The first-order valence-corrected chi connectivity index (χ1v) is 8.16. The molecule has 0 atom stereocenters. The van der Waals surface area contributed by atoms with Gasteiger partial charge in [-0.25, -0.2) is 4.79 Å². The van der Waals surface area contributed by atoms with Gasteiger partial charge in [-0.05, 0) is 13.2 Å². The fourth-order valence-electron chi connectivity index (χ4n) is 1.61. The Hall–Kier alpha value is -1.09. The van der Waals surface area contributed by atoms with Crippen LogP contribution in [-0.4, -0.2) is 38.6 Å². The number of thiophene rings is 1. The highest BCUT2D eigenvalue weighted by Crippen LogP contribution is 2.44. The van der Waals surface area contributed by atoms with Gasteiger partial charge in [0, 0.05) is 13.6 Å². The molecule has 0 bridgehead atoms. The van der Waals surface area contributed by atoms with Gasteiger partial charge in [-0.2, -0.15) is 13.2 Å². The molecule has 0 fully saturated rings. The average Bonchev–Trinajstić information content (AvgIpc) is 2.72. The molecule has 1 heterocycles. The number of carbonyl (C=O) groups excluding carboxylic acids is 1. The Bertz CT molecular complexity index is 503. The number of thioether (sulfide) groups is 1. The molecule has 0 saturated carbocycles. The van der Waals surface area contributed by atoms with Crippen molar-refractivity contribution in [1.82, 2.24) is 0 Å². The van der Waals surface area contributed by atoms with Crippen LogP contribution in [0.15, 0.2) is 4.90 Å². The van der Waals surface area contributed by atoms with Gasteiger partial charge in [0.1, 0.15) is 9.88 Å². The average molecular weight is 342 g/mol. The maximum atomic E-state index is 12.3. The van der Waals surface area contributed by atoms with Crippen LogP contribution in [0.5, 0.6) is 0 Å². The van der Waals surface area contributed by atoms with Crippen molar-refractivity contribution in [3.05, 3.63) is 4.88 Å². The lowest BCUT2D eigenvalue weighted by Gasteiger charge is -2.19. The van der Waals surface area contributed by atoms with Crippen LogP contribution in [-0.2, 0) is 4.74 Å². The summed E-state index contributed by atoms with van der Waals surface area (Å²) in [7, 11) is 1.55. The van der Waals surface area contributed by atoms with E-state index >= 15 is 0 Å². The van der Waals surface area contributed by atoms with E-state index in [2.05, 4.69) is 0 Å². The van der Waals surface area contributed by atoms with Crippen molar-refractivity contribution < 1.29 is 22.7 Å². The molecule has 0 unspecified atom stereocenters. The van der Waals surface area contributed by atoms with Gasteiger partial charge in [-0.1, -0.05) is 0 Å². The molecule has 0 amide bonds. The number of nitrogen functional groups attached to an aromatic ring is 1. The highest BCUT2D eigenvalue weighted by atomic mass is 32.2. The lowest BCUT2D eigenvalue weighted by molar-refractivity contribution is -0.132. The molecule has 120 valence electrons. The highest BCUT2D eigenvalue weighted by molar-refractivity contribution is 7.99. The van der Waals surface area contributed by atoms with Gasteiger partial charge in [-0.3, -0.25) is 0 Å². The standard InChI is InChI=1S/C12H17F3N2O2S2/c1-4-19-11(18)9-7(16)8(20-3)10(21-9)17(2)6-5-12(13,14)15/h4-6,16H2,1-3H3. The summed E-state index contributed by atoms with van der Waals surface area (Å²) in [5.41, 5.74) is 6.17. The number of hydrogen-bond acceptors (Lipinski definition) is 6. The molecular formula is C12H17F3N2O2S2. The lowest BCUT2D eigenvalue weighted by atomic mass is 10.3. The number of hydrogen-bond donors (Lipinski definition) is 1. The van der Waals surface area contributed by atoms with Crippen LogP contribution < -0.4 is 10.6 Å². The normalized spacial score (nSPS) is 11.5. The van der Waals surface area contributed by atoms with Crippen molar-refractivity contribution in [3.63, 3.8) is 0 Å². The van der Waals surface area contributed by atoms with E-state index in [0.717, 1.165) is 11.3 Å². The van der Waals surface area contributed by atoms with Gasteiger partial charge >= 0.3 is 12.1 Å². The molecular weight excluding hydrogens is 325 g/mol. The second kappa shape index (κ2) is 7.26. The zero-order valence-electron chi connectivity index (χ0n) is 11.9. The fraction of sp³-hybridized carbons (Fsp3) is 0.583. The number of anilines is 2. The molecule has 4 nitrogen and oxygen atoms in total.